The third-order valence-electron chi connectivity index (χ3n) is 5.13. The van der Waals surface area contributed by atoms with Gasteiger partial charge in [0, 0.05) is 42.8 Å². The maximum Gasteiger partial charge on any atom is 0.333 e. The number of aromatic amines is 1. The van der Waals surface area contributed by atoms with Gasteiger partial charge in [0.1, 0.15) is 17.5 Å². The average molecular weight is 410 g/mol. The quantitative estimate of drug-likeness (QED) is 0.490. The van der Waals surface area contributed by atoms with Gasteiger partial charge in [0.15, 0.2) is 0 Å². The summed E-state index contributed by atoms with van der Waals surface area (Å²) in [6.45, 7) is 0. The fraction of sp³-hybridized carbons (Fsp3) is 0.0435. The summed E-state index contributed by atoms with van der Waals surface area (Å²) >= 11 is 0. The lowest BCUT2D eigenvalue weighted by Gasteiger charge is -2.09. The molecule has 0 radical (unpaired) electrons. The molecule has 0 saturated carbocycles. The fourth-order valence-corrected chi connectivity index (χ4v) is 3.57. The molecule has 0 aliphatic heterocycles. The first-order chi connectivity index (χ1) is 15.0. The van der Waals surface area contributed by atoms with Gasteiger partial charge in [0.25, 0.3) is 0 Å². The lowest BCUT2D eigenvalue weighted by molar-refractivity contribution is 0.623. The van der Waals surface area contributed by atoms with Crippen LogP contribution in [0.5, 0.6) is 0 Å². The SMILES string of the molecule is Cn1cc(-c2cc(-c3cnc4[nH]ccc4c3)ccn2)n(-c2ccc(F)c(C#N)c2)c1=O. The summed E-state index contributed by atoms with van der Waals surface area (Å²) in [7, 11) is 1.63. The summed E-state index contributed by atoms with van der Waals surface area (Å²) < 4.78 is 16.6. The second-order valence-electron chi connectivity index (χ2n) is 7.09. The minimum absolute atomic E-state index is 0.133. The summed E-state index contributed by atoms with van der Waals surface area (Å²) in [5, 5.41) is 10.2. The van der Waals surface area contributed by atoms with Gasteiger partial charge >= 0.3 is 5.69 Å². The molecule has 0 aliphatic rings. The molecule has 4 heterocycles. The molecular formula is C23H15FN6O. The van der Waals surface area contributed by atoms with Crippen LogP contribution in [0.1, 0.15) is 5.56 Å². The number of nitrogens with zero attached hydrogens (tertiary/aromatic N) is 5. The molecule has 0 fully saturated rings. The zero-order valence-corrected chi connectivity index (χ0v) is 16.4. The van der Waals surface area contributed by atoms with Gasteiger partial charge in [-0.25, -0.2) is 14.2 Å². The first-order valence-electron chi connectivity index (χ1n) is 9.43. The topological polar surface area (TPSA) is 92.3 Å². The lowest BCUT2D eigenvalue weighted by Crippen LogP contribution is -2.21. The standard InChI is InChI=1S/C23H15FN6O/c1-29-13-21(30(23(29)31)18-2-3-19(24)16(9-18)11-25)20-10-14(4-6-26-20)17-8-15-5-7-27-22(15)28-12-17/h2-10,12-13H,1H3,(H,27,28). The smallest absolute Gasteiger partial charge is 0.333 e. The van der Waals surface area contributed by atoms with E-state index in [0.717, 1.165) is 22.2 Å². The van der Waals surface area contributed by atoms with Crippen molar-refractivity contribution in [2.24, 2.45) is 7.05 Å². The fourth-order valence-electron chi connectivity index (χ4n) is 3.57. The van der Waals surface area contributed by atoms with Crippen molar-refractivity contribution in [1.82, 2.24) is 24.1 Å². The Morgan fingerprint density at radius 2 is 1.97 bits per heavy atom. The highest BCUT2D eigenvalue weighted by Gasteiger charge is 2.16. The molecule has 0 atom stereocenters. The van der Waals surface area contributed by atoms with Crippen molar-refractivity contribution in [2.45, 2.75) is 0 Å². The van der Waals surface area contributed by atoms with Crippen LogP contribution in [0.25, 0.3) is 39.2 Å². The number of halogens is 1. The molecule has 5 rings (SSSR count). The van der Waals surface area contributed by atoms with Gasteiger partial charge < -0.3 is 9.55 Å². The van der Waals surface area contributed by atoms with Crippen LogP contribution in [-0.2, 0) is 7.05 Å². The zero-order chi connectivity index (χ0) is 21.5. The van der Waals surface area contributed by atoms with E-state index in [1.54, 1.807) is 25.6 Å². The number of hydrogen-bond donors (Lipinski definition) is 1. The third kappa shape index (κ3) is 3.09. The van der Waals surface area contributed by atoms with Crippen LogP contribution in [0, 0.1) is 17.1 Å². The normalized spacial score (nSPS) is 11.0. The highest BCUT2D eigenvalue weighted by molar-refractivity contribution is 5.82. The van der Waals surface area contributed by atoms with E-state index in [2.05, 4.69) is 15.0 Å². The second kappa shape index (κ2) is 7.07. The number of aryl methyl sites for hydroxylation is 1. The molecule has 0 unspecified atom stereocenters. The zero-order valence-electron chi connectivity index (χ0n) is 16.4. The Labute approximate surface area is 175 Å². The molecule has 5 aromatic rings. The highest BCUT2D eigenvalue weighted by Crippen LogP contribution is 2.27. The molecule has 0 spiro atoms. The largest absolute Gasteiger partial charge is 0.346 e. The minimum atomic E-state index is -0.635. The molecule has 7 nitrogen and oxygen atoms in total. The monoisotopic (exact) mass is 410 g/mol. The number of fused-ring (bicyclic) bond motifs is 1. The first-order valence-corrected chi connectivity index (χ1v) is 9.43. The molecule has 0 amide bonds. The van der Waals surface area contributed by atoms with Gasteiger partial charge in [-0.05, 0) is 48.0 Å². The number of aromatic nitrogens is 5. The predicted octanol–water partition coefficient (Wildman–Crippen LogP) is 3.79. The number of nitrogens with one attached hydrogen (secondary N) is 1. The van der Waals surface area contributed by atoms with E-state index >= 15 is 0 Å². The maximum atomic E-state index is 13.8. The third-order valence-corrected chi connectivity index (χ3v) is 5.13. The van der Waals surface area contributed by atoms with Crippen molar-refractivity contribution in [3.8, 4) is 34.3 Å². The van der Waals surface area contributed by atoms with Gasteiger partial charge in [-0.2, -0.15) is 5.26 Å². The van der Waals surface area contributed by atoms with Crippen LogP contribution in [0.4, 0.5) is 4.39 Å². The summed E-state index contributed by atoms with van der Waals surface area (Å²) in [5.74, 6) is -0.635. The van der Waals surface area contributed by atoms with Crippen LogP contribution in [0.2, 0.25) is 0 Å². The van der Waals surface area contributed by atoms with Crippen LogP contribution in [0.15, 0.2) is 72.0 Å². The van der Waals surface area contributed by atoms with E-state index in [0.29, 0.717) is 17.1 Å². The number of rotatable bonds is 3. The molecule has 0 aliphatic carbocycles. The molecule has 4 aromatic heterocycles. The van der Waals surface area contributed by atoms with Crippen molar-refractivity contribution in [3.63, 3.8) is 0 Å². The lowest BCUT2D eigenvalue weighted by atomic mass is 10.1. The van der Waals surface area contributed by atoms with Gasteiger partial charge in [-0.15, -0.1) is 0 Å². The van der Waals surface area contributed by atoms with Gasteiger partial charge in [0.05, 0.1) is 22.6 Å². The van der Waals surface area contributed by atoms with E-state index < -0.39 is 5.82 Å². The Kier molecular flexibility index (Phi) is 4.22. The highest BCUT2D eigenvalue weighted by atomic mass is 19.1. The van der Waals surface area contributed by atoms with Gasteiger partial charge in [-0.1, -0.05) is 0 Å². The van der Waals surface area contributed by atoms with Crippen molar-refractivity contribution in [3.05, 3.63) is 89.1 Å². The van der Waals surface area contributed by atoms with E-state index in [1.165, 1.54) is 27.3 Å². The first kappa shape index (κ1) is 18.5. The summed E-state index contributed by atoms with van der Waals surface area (Å²) in [6, 6.07) is 13.5. The van der Waals surface area contributed by atoms with Crippen molar-refractivity contribution in [1.29, 1.82) is 5.26 Å². The summed E-state index contributed by atoms with van der Waals surface area (Å²) in [5.41, 5.74) is 3.63. The summed E-state index contributed by atoms with van der Waals surface area (Å²) in [4.78, 5) is 24.8. The second-order valence-corrected chi connectivity index (χ2v) is 7.09. The number of H-pyrrole nitrogens is 1. The Morgan fingerprint density at radius 3 is 2.81 bits per heavy atom. The Morgan fingerprint density at radius 1 is 1.10 bits per heavy atom. The minimum Gasteiger partial charge on any atom is -0.346 e. The van der Waals surface area contributed by atoms with E-state index in [1.807, 2.05) is 36.5 Å². The molecule has 150 valence electrons. The Hall–Kier alpha value is -4.51. The van der Waals surface area contributed by atoms with E-state index in [9.17, 15) is 9.18 Å². The predicted molar refractivity (Wildman–Crippen MR) is 114 cm³/mol. The van der Waals surface area contributed by atoms with Crippen molar-refractivity contribution < 1.29 is 4.39 Å². The molecule has 8 heteroatoms. The number of imidazole rings is 1. The summed E-state index contributed by atoms with van der Waals surface area (Å²) in [6.07, 6.45) is 6.94. The average Bonchev–Trinajstić information content (AvgIpc) is 3.38. The van der Waals surface area contributed by atoms with E-state index in [4.69, 9.17) is 5.26 Å². The number of benzene rings is 1. The molecule has 1 N–H and O–H groups in total. The maximum absolute atomic E-state index is 13.8. The number of hydrogen-bond acceptors (Lipinski definition) is 4. The molecule has 31 heavy (non-hydrogen) atoms. The van der Waals surface area contributed by atoms with Crippen molar-refractivity contribution >= 4 is 11.0 Å². The van der Waals surface area contributed by atoms with Crippen LogP contribution < -0.4 is 5.69 Å². The van der Waals surface area contributed by atoms with Crippen LogP contribution in [0.3, 0.4) is 0 Å². The van der Waals surface area contributed by atoms with Crippen molar-refractivity contribution in [2.75, 3.05) is 0 Å². The van der Waals surface area contributed by atoms with Gasteiger partial charge in [-0.3, -0.25) is 9.55 Å². The van der Waals surface area contributed by atoms with E-state index in [-0.39, 0.29) is 11.3 Å². The number of pyridine rings is 2. The van der Waals surface area contributed by atoms with Crippen LogP contribution in [-0.4, -0.2) is 24.1 Å². The number of nitriles is 1. The Bertz CT molecular complexity index is 1550. The van der Waals surface area contributed by atoms with Gasteiger partial charge in [0.2, 0.25) is 0 Å². The molecule has 0 bridgehead atoms. The Balaban J connectivity index is 1.67. The molecule has 1 aromatic carbocycles. The molecular weight excluding hydrogens is 395 g/mol. The molecule has 0 saturated heterocycles. The van der Waals surface area contributed by atoms with Crippen LogP contribution >= 0.6 is 0 Å².